The number of methoxy groups -OCH3 is 1. The molecule has 0 N–H and O–H groups in total. The summed E-state index contributed by atoms with van der Waals surface area (Å²) in [6, 6.07) is 2.03. The second-order valence-corrected chi connectivity index (χ2v) is 3.51. The molecule has 0 bridgehead atoms. The molecule has 0 heterocycles. The van der Waals surface area contributed by atoms with Gasteiger partial charge in [0.25, 0.3) is 0 Å². The fourth-order valence-corrected chi connectivity index (χ4v) is 1.33. The number of alkyl halides is 1. The molecule has 4 nitrogen and oxygen atoms in total. The third-order valence-corrected chi connectivity index (χ3v) is 2.12. The summed E-state index contributed by atoms with van der Waals surface area (Å²) in [5.74, 6) is 0.0641. The van der Waals surface area contributed by atoms with Crippen LogP contribution in [-0.4, -0.2) is 42.9 Å². The van der Waals surface area contributed by atoms with Crippen molar-refractivity contribution in [1.82, 2.24) is 4.90 Å². The number of halogens is 1. The summed E-state index contributed by atoms with van der Waals surface area (Å²) in [6.45, 7) is 1.56. The van der Waals surface area contributed by atoms with E-state index in [1.165, 1.54) is 0 Å². The van der Waals surface area contributed by atoms with Crippen LogP contribution in [0.4, 0.5) is 0 Å². The zero-order chi connectivity index (χ0) is 10.8. The van der Waals surface area contributed by atoms with Gasteiger partial charge in [0, 0.05) is 32.0 Å². The first-order valence-electron chi connectivity index (χ1n) is 4.46. The second kappa shape index (κ2) is 8.97. The van der Waals surface area contributed by atoms with Crippen molar-refractivity contribution < 1.29 is 9.53 Å². The minimum atomic E-state index is 0.0641. The molecule has 14 heavy (non-hydrogen) atoms. The Balaban J connectivity index is 3.95. The molecule has 0 saturated heterocycles. The fraction of sp³-hybridized carbons (Fsp3) is 0.778. The monoisotopic (exact) mass is 262 g/mol. The molecular formula is C9H15BrN2O2. The van der Waals surface area contributed by atoms with Crippen LogP contribution in [-0.2, 0) is 9.53 Å². The van der Waals surface area contributed by atoms with Crippen molar-refractivity contribution >= 4 is 21.8 Å². The number of rotatable bonds is 7. The zero-order valence-corrected chi connectivity index (χ0v) is 9.92. The van der Waals surface area contributed by atoms with E-state index in [2.05, 4.69) is 15.9 Å². The van der Waals surface area contributed by atoms with Gasteiger partial charge in [-0.1, -0.05) is 15.9 Å². The number of ether oxygens (including phenoxy) is 1. The van der Waals surface area contributed by atoms with E-state index in [1.807, 2.05) is 6.07 Å². The minimum Gasteiger partial charge on any atom is -0.383 e. The lowest BCUT2D eigenvalue weighted by atomic mass is 10.3. The summed E-state index contributed by atoms with van der Waals surface area (Å²) in [4.78, 5) is 13.1. The van der Waals surface area contributed by atoms with Crippen molar-refractivity contribution in [2.24, 2.45) is 0 Å². The van der Waals surface area contributed by atoms with E-state index in [9.17, 15) is 4.79 Å². The Morgan fingerprint density at radius 2 is 2.29 bits per heavy atom. The normalized spacial score (nSPS) is 9.50. The third-order valence-electron chi connectivity index (χ3n) is 1.72. The molecule has 0 aliphatic carbocycles. The number of carbonyl (C=O) groups is 1. The highest BCUT2D eigenvalue weighted by Crippen LogP contribution is 1.98. The fourth-order valence-electron chi connectivity index (χ4n) is 0.987. The Hall–Kier alpha value is -0.600. The van der Waals surface area contributed by atoms with Gasteiger partial charge in [0.15, 0.2) is 0 Å². The van der Waals surface area contributed by atoms with E-state index in [1.54, 1.807) is 12.0 Å². The van der Waals surface area contributed by atoms with E-state index in [4.69, 9.17) is 10.00 Å². The summed E-state index contributed by atoms with van der Waals surface area (Å²) in [6.07, 6.45) is 0.840. The molecule has 0 aromatic carbocycles. The maximum Gasteiger partial charge on any atom is 0.223 e. The number of amides is 1. The average molecular weight is 263 g/mol. The number of nitriles is 1. The summed E-state index contributed by atoms with van der Waals surface area (Å²) in [5, 5.41) is 9.08. The van der Waals surface area contributed by atoms with Crippen molar-refractivity contribution in [2.45, 2.75) is 12.8 Å². The van der Waals surface area contributed by atoms with Gasteiger partial charge in [0.2, 0.25) is 5.91 Å². The molecule has 80 valence electrons. The SMILES string of the molecule is COCCN(CCC#N)C(=O)CCBr. The number of hydrogen-bond donors (Lipinski definition) is 0. The van der Waals surface area contributed by atoms with E-state index >= 15 is 0 Å². The first-order valence-corrected chi connectivity index (χ1v) is 5.58. The predicted molar refractivity (Wildman–Crippen MR) is 57.1 cm³/mol. The Morgan fingerprint density at radius 1 is 1.57 bits per heavy atom. The van der Waals surface area contributed by atoms with Gasteiger partial charge >= 0.3 is 0 Å². The van der Waals surface area contributed by atoms with Crippen LogP contribution in [0.3, 0.4) is 0 Å². The van der Waals surface area contributed by atoms with Gasteiger partial charge in [-0.05, 0) is 0 Å². The molecule has 5 heteroatoms. The lowest BCUT2D eigenvalue weighted by Crippen LogP contribution is -2.34. The molecule has 0 atom stereocenters. The lowest BCUT2D eigenvalue weighted by molar-refractivity contribution is -0.131. The largest absolute Gasteiger partial charge is 0.383 e. The van der Waals surface area contributed by atoms with Crippen LogP contribution in [0.2, 0.25) is 0 Å². The Labute approximate surface area is 93.0 Å². The van der Waals surface area contributed by atoms with Crippen LogP contribution >= 0.6 is 15.9 Å². The summed E-state index contributed by atoms with van der Waals surface area (Å²) >= 11 is 3.21. The van der Waals surface area contributed by atoms with Crippen LogP contribution in [0, 0.1) is 11.3 Å². The van der Waals surface area contributed by atoms with Gasteiger partial charge in [-0.2, -0.15) is 5.26 Å². The highest BCUT2D eigenvalue weighted by atomic mass is 79.9. The van der Waals surface area contributed by atoms with Crippen molar-refractivity contribution in [1.29, 1.82) is 5.26 Å². The Kier molecular flexibility index (Phi) is 8.59. The van der Waals surface area contributed by atoms with E-state index in [0.29, 0.717) is 37.9 Å². The number of hydrogen-bond acceptors (Lipinski definition) is 3. The van der Waals surface area contributed by atoms with Crippen LogP contribution in [0.15, 0.2) is 0 Å². The molecule has 0 saturated carbocycles. The molecule has 0 radical (unpaired) electrons. The summed E-state index contributed by atoms with van der Waals surface area (Å²) in [5.41, 5.74) is 0. The molecule has 1 amide bonds. The van der Waals surface area contributed by atoms with Gasteiger partial charge in [-0.3, -0.25) is 4.79 Å². The standard InChI is InChI=1S/C9H15BrN2O2/c1-14-8-7-12(6-2-5-11)9(13)3-4-10/h2-4,6-8H2,1H3. The maximum absolute atomic E-state index is 11.5. The molecule has 0 aliphatic rings. The summed E-state index contributed by atoms with van der Waals surface area (Å²) < 4.78 is 4.89. The topological polar surface area (TPSA) is 53.3 Å². The highest BCUT2D eigenvalue weighted by Gasteiger charge is 2.11. The Bertz CT molecular complexity index is 203. The van der Waals surface area contributed by atoms with Gasteiger partial charge in [-0.25, -0.2) is 0 Å². The Morgan fingerprint density at radius 3 is 2.79 bits per heavy atom. The summed E-state index contributed by atoms with van der Waals surface area (Å²) in [7, 11) is 1.59. The first-order chi connectivity index (χ1) is 6.76. The molecule has 0 rings (SSSR count). The van der Waals surface area contributed by atoms with Crippen molar-refractivity contribution in [3.05, 3.63) is 0 Å². The zero-order valence-electron chi connectivity index (χ0n) is 8.33. The van der Waals surface area contributed by atoms with E-state index in [0.717, 1.165) is 0 Å². The van der Waals surface area contributed by atoms with Gasteiger partial charge in [0.05, 0.1) is 19.1 Å². The molecule has 0 aliphatic heterocycles. The molecule has 0 spiro atoms. The van der Waals surface area contributed by atoms with Crippen LogP contribution in [0.25, 0.3) is 0 Å². The van der Waals surface area contributed by atoms with Crippen LogP contribution < -0.4 is 0 Å². The number of nitrogens with zero attached hydrogens (tertiary/aromatic N) is 2. The third kappa shape index (κ3) is 5.95. The van der Waals surface area contributed by atoms with Crippen LogP contribution in [0.1, 0.15) is 12.8 Å². The predicted octanol–water partition coefficient (Wildman–Crippen LogP) is 1.16. The van der Waals surface area contributed by atoms with Crippen LogP contribution in [0.5, 0.6) is 0 Å². The van der Waals surface area contributed by atoms with Gasteiger partial charge < -0.3 is 9.64 Å². The molecular weight excluding hydrogens is 248 g/mol. The van der Waals surface area contributed by atoms with Gasteiger partial charge in [0.1, 0.15) is 0 Å². The highest BCUT2D eigenvalue weighted by molar-refractivity contribution is 9.09. The van der Waals surface area contributed by atoms with E-state index < -0.39 is 0 Å². The van der Waals surface area contributed by atoms with E-state index in [-0.39, 0.29) is 5.91 Å². The molecule has 0 fully saturated rings. The molecule has 0 unspecified atom stereocenters. The molecule has 0 aromatic rings. The van der Waals surface area contributed by atoms with Gasteiger partial charge in [-0.15, -0.1) is 0 Å². The lowest BCUT2D eigenvalue weighted by Gasteiger charge is -2.20. The van der Waals surface area contributed by atoms with Crippen molar-refractivity contribution in [3.63, 3.8) is 0 Å². The average Bonchev–Trinajstić information content (AvgIpc) is 2.18. The quantitative estimate of drug-likeness (QED) is 0.648. The smallest absolute Gasteiger partial charge is 0.223 e. The second-order valence-electron chi connectivity index (χ2n) is 2.72. The maximum atomic E-state index is 11.5. The molecule has 0 aromatic heterocycles. The first kappa shape index (κ1) is 13.4. The number of carbonyl (C=O) groups excluding carboxylic acids is 1. The minimum absolute atomic E-state index is 0.0641. The van der Waals surface area contributed by atoms with Crippen molar-refractivity contribution in [2.75, 3.05) is 32.1 Å². The van der Waals surface area contributed by atoms with Crippen molar-refractivity contribution in [3.8, 4) is 6.07 Å².